The number of ketones is 1. The van der Waals surface area contributed by atoms with Crippen LogP contribution in [0.15, 0.2) is 35.2 Å². The lowest BCUT2D eigenvalue weighted by Crippen LogP contribution is -2.43. The summed E-state index contributed by atoms with van der Waals surface area (Å²) in [6, 6.07) is 8.67. The molecule has 0 heterocycles. The normalized spacial score (nSPS) is 34.0. The van der Waals surface area contributed by atoms with Crippen molar-refractivity contribution in [1.82, 2.24) is 0 Å². The summed E-state index contributed by atoms with van der Waals surface area (Å²) in [6.07, 6.45) is 3.63. The molecule has 0 spiro atoms. The third kappa shape index (κ3) is 1.93. The van der Waals surface area contributed by atoms with Gasteiger partial charge in [-0.15, -0.1) is 0 Å². The van der Waals surface area contributed by atoms with Crippen LogP contribution in [0.25, 0.3) is 0 Å². The number of fused-ring (bicyclic) bond motifs is 1. The minimum atomic E-state index is -3.33. The highest BCUT2D eigenvalue weighted by molar-refractivity contribution is 7.92. The third-order valence-corrected chi connectivity index (χ3v) is 7.53. The summed E-state index contributed by atoms with van der Waals surface area (Å²) in [4.78, 5) is 12.5. The van der Waals surface area contributed by atoms with E-state index in [0.29, 0.717) is 17.7 Å². The van der Waals surface area contributed by atoms with Crippen LogP contribution >= 0.6 is 0 Å². The molecule has 2 aliphatic rings. The lowest BCUT2D eigenvalue weighted by molar-refractivity contribution is -0.127. The zero-order valence-corrected chi connectivity index (χ0v) is 12.5. The Bertz CT molecular complexity index is 620. The van der Waals surface area contributed by atoms with E-state index >= 15 is 0 Å². The molecule has 0 aliphatic heterocycles. The van der Waals surface area contributed by atoms with Gasteiger partial charge in [-0.1, -0.05) is 31.5 Å². The molecule has 0 amide bonds. The van der Waals surface area contributed by atoms with Crippen LogP contribution in [-0.4, -0.2) is 19.5 Å². The topological polar surface area (TPSA) is 51.2 Å². The molecule has 0 unspecified atom stereocenters. The fourth-order valence-electron chi connectivity index (χ4n) is 4.05. The summed E-state index contributed by atoms with van der Waals surface area (Å²) in [5.41, 5.74) is -0.412. The molecule has 108 valence electrons. The van der Waals surface area contributed by atoms with Crippen molar-refractivity contribution in [3.05, 3.63) is 30.3 Å². The molecular weight excluding hydrogens is 272 g/mol. The molecule has 3 rings (SSSR count). The second kappa shape index (κ2) is 4.69. The first-order valence-electron chi connectivity index (χ1n) is 7.28. The lowest BCUT2D eigenvalue weighted by atomic mass is 9.69. The van der Waals surface area contributed by atoms with E-state index in [2.05, 4.69) is 0 Å². The molecule has 2 saturated carbocycles. The van der Waals surface area contributed by atoms with E-state index in [4.69, 9.17) is 0 Å². The molecule has 1 aromatic rings. The van der Waals surface area contributed by atoms with Crippen LogP contribution in [-0.2, 0) is 14.6 Å². The van der Waals surface area contributed by atoms with Crippen LogP contribution in [0.1, 0.15) is 39.0 Å². The van der Waals surface area contributed by atoms with Crippen LogP contribution in [0.2, 0.25) is 0 Å². The van der Waals surface area contributed by atoms with Crippen molar-refractivity contribution in [3.8, 4) is 0 Å². The molecule has 3 atom stereocenters. The van der Waals surface area contributed by atoms with E-state index < -0.39 is 20.5 Å². The van der Waals surface area contributed by atoms with Crippen molar-refractivity contribution in [3.63, 3.8) is 0 Å². The second-order valence-corrected chi connectivity index (χ2v) is 8.44. The summed E-state index contributed by atoms with van der Waals surface area (Å²) < 4.78 is 25.7. The first-order valence-corrected chi connectivity index (χ1v) is 8.83. The molecule has 2 fully saturated rings. The van der Waals surface area contributed by atoms with Crippen molar-refractivity contribution in [2.24, 2.45) is 11.3 Å². The average Bonchev–Trinajstić information content (AvgIpc) is 2.75. The van der Waals surface area contributed by atoms with Crippen LogP contribution < -0.4 is 0 Å². The van der Waals surface area contributed by atoms with E-state index in [1.165, 1.54) is 0 Å². The van der Waals surface area contributed by atoms with E-state index in [9.17, 15) is 13.2 Å². The number of Topliss-reactive ketones (excluding diaryl/α,β-unsaturated/α-hetero) is 1. The van der Waals surface area contributed by atoms with Gasteiger partial charge in [0.1, 0.15) is 5.78 Å². The standard InChI is InChI=1S/C16H20O3S/c1-16-11-5-8-14(13(16)9-10-15(16)17)20(18,19)12-6-3-2-4-7-12/h2-4,6-7,13-14H,5,8-11H2,1H3/t13-,14+,16-/m1/s1. The van der Waals surface area contributed by atoms with E-state index in [-0.39, 0.29) is 11.7 Å². The highest BCUT2D eigenvalue weighted by Gasteiger charge is 2.54. The van der Waals surface area contributed by atoms with Crippen molar-refractivity contribution in [1.29, 1.82) is 0 Å². The Morgan fingerprint density at radius 2 is 1.85 bits per heavy atom. The van der Waals surface area contributed by atoms with E-state index in [1.54, 1.807) is 24.3 Å². The van der Waals surface area contributed by atoms with Crippen molar-refractivity contribution in [2.45, 2.75) is 49.2 Å². The molecule has 0 N–H and O–H groups in total. The summed E-state index contributed by atoms with van der Waals surface area (Å²) in [5.74, 6) is 0.254. The van der Waals surface area contributed by atoms with Gasteiger partial charge in [-0.2, -0.15) is 0 Å². The van der Waals surface area contributed by atoms with Crippen LogP contribution in [0.5, 0.6) is 0 Å². The van der Waals surface area contributed by atoms with Gasteiger partial charge in [0.15, 0.2) is 9.84 Å². The van der Waals surface area contributed by atoms with Crippen LogP contribution in [0.3, 0.4) is 0 Å². The monoisotopic (exact) mass is 292 g/mol. The van der Waals surface area contributed by atoms with Crippen molar-refractivity contribution >= 4 is 15.6 Å². The summed E-state index contributed by atoms with van der Waals surface area (Å²) in [7, 11) is -3.33. The van der Waals surface area contributed by atoms with Crippen molar-refractivity contribution < 1.29 is 13.2 Å². The Hall–Kier alpha value is -1.16. The van der Waals surface area contributed by atoms with Gasteiger partial charge in [-0.3, -0.25) is 4.79 Å². The number of rotatable bonds is 2. The number of benzene rings is 1. The smallest absolute Gasteiger partial charge is 0.181 e. The summed E-state index contributed by atoms with van der Waals surface area (Å²) in [5, 5.41) is -0.393. The predicted molar refractivity (Wildman–Crippen MR) is 77.1 cm³/mol. The zero-order chi connectivity index (χ0) is 14.4. The molecular formula is C16H20O3S. The Morgan fingerprint density at radius 3 is 2.55 bits per heavy atom. The van der Waals surface area contributed by atoms with Crippen LogP contribution in [0.4, 0.5) is 0 Å². The molecule has 0 radical (unpaired) electrons. The Balaban J connectivity index is 2.00. The van der Waals surface area contributed by atoms with Crippen LogP contribution in [0, 0.1) is 11.3 Å². The zero-order valence-electron chi connectivity index (χ0n) is 11.7. The number of carbonyl (C=O) groups excluding carboxylic acids is 1. The average molecular weight is 292 g/mol. The number of sulfone groups is 1. The molecule has 3 nitrogen and oxygen atoms in total. The van der Waals surface area contributed by atoms with Gasteiger partial charge in [0, 0.05) is 11.8 Å². The minimum absolute atomic E-state index is 0.00560. The molecule has 0 bridgehead atoms. The highest BCUT2D eigenvalue weighted by atomic mass is 32.2. The molecule has 4 heteroatoms. The molecule has 0 saturated heterocycles. The molecule has 20 heavy (non-hydrogen) atoms. The number of hydrogen-bond donors (Lipinski definition) is 0. The maximum Gasteiger partial charge on any atom is 0.181 e. The van der Waals surface area contributed by atoms with E-state index in [0.717, 1.165) is 19.3 Å². The lowest BCUT2D eigenvalue weighted by Gasteiger charge is -2.40. The van der Waals surface area contributed by atoms with Crippen molar-refractivity contribution in [2.75, 3.05) is 0 Å². The predicted octanol–water partition coefficient (Wildman–Crippen LogP) is 3.00. The van der Waals surface area contributed by atoms with Gasteiger partial charge in [-0.05, 0) is 37.3 Å². The van der Waals surface area contributed by atoms with Gasteiger partial charge in [0.05, 0.1) is 10.1 Å². The first-order chi connectivity index (χ1) is 9.46. The first kappa shape index (κ1) is 13.8. The summed E-state index contributed by atoms with van der Waals surface area (Å²) >= 11 is 0. The molecule has 2 aliphatic carbocycles. The summed E-state index contributed by atoms with van der Waals surface area (Å²) in [6.45, 7) is 1.97. The number of carbonyl (C=O) groups is 1. The van der Waals surface area contributed by atoms with Gasteiger partial charge in [0.25, 0.3) is 0 Å². The van der Waals surface area contributed by atoms with E-state index in [1.807, 2.05) is 13.0 Å². The Morgan fingerprint density at radius 1 is 1.15 bits per heavy atom. The van der Waals surface area contributed by atoms with Gasteiger partial charge in [0.2, 0.25) is 0 Å². The maximum absolute atomic E-state index is 12.9. The Labute approximate surface area is 120 Å². The molecule has 0 aromatic heterocycles. The SMILES string of the molecule is C[C@@]12CCC[C@H](S(=O)(=O)c3ccccc3)[C@H]1CCC2=O. The fraction of sp³-hybridized carbons (Fsp3) is 0.562. The van der Waals surface area contributed by atoms with Gasteiger partial charge in [-0.25, -0.2) is 8.42 Å². The highest BCUT2D eigenvalue weighted by Crippen LogP contribution is 2.52. The minimum Gasteiger partial charge on any atom is -0.299 e. The third-order valence-electron chi connectivity index (χ3n) is 5.24. The van der Waals surface area contributed by atoms with Gasteiger partial charge < -0.3 is 0 Å². The largest absolute Gasteiger partial charge is 0.299 e. The molecule has 1 aromatic carbocycles. The number of hydrogen-bond acceptors (Lipinski definition) is 3. The Kier molecular flexibility index (Phi) is 3.24. The quantitative estimate of drug-likeness (QED) is 0.842. The maximum atomic E-state index is 12.9. The van der Waals surface area contributed by atoms with Gasteiger partial charge >= 0.3 is 0 Å². The fourth-order valence-corrected chi connectivity index (χ4v) is 6.28. The second-order valence-electron chi connectivity index (χ2n) is 6.27.